The van der Waals surface area contributed by atoms with Gasteiger partial charge in [-0.05, 0) is 13.3 Å². The molecule has 0 spiro atoms. The number of hydrogen-bond acceptors (Lipinski definition) is 5. The molecule has 0 aliphatic carbocycles. The molecule has 23 heavy (non-hydrogen) atoms. The summed E-state index contributed by atoms with van der Waals surface area (Å²) in [4.78, 5) is 23.8. The molecule has 1 aromatic rings. The van der Waals surface area contributed by atoms with E-state index in [2.05, 4.69) is 10.6 Å². The highest BCUT2D eigenvalue weighted by Crippen LogP contribution is 2.39. The molecule has 2 rings (SSSR count). The Morgan fingerprint density at radius 3 is 2.61 bits per heavy atom. The van der Waals surface area contributed by atoms with Crippen molar-refractivity contribution in [2.24, 2.45) is 0 Å². The number of methoxy groups -OCH3 is 2. The Morgan fingerprint density at radius 1 is 1.43 bits per heavy atom. The molecule has 0 aromatic heterocycles. The maximum absolute atomic E-state index is 12.5. The molecule has 1 aromatic carbocycles. The number of halogens is 1. The molecular formula is C15H20ClN3O4. The number of carbonyl (C=O) groups excluding carboxylic acids is 2. The van der Waals surface area contributed by atoms with E-state index in [1.54, 1.807) is 0 Å². The third kappa shape index (κ3) is 3.44. The van der Waals surface area contributed by atoms with Gasteiger partial charge < -0.3 is 25.8 Å². The Morgan fingerprint density at radius 2 is 2.09 bits per heavy atom. The summed E-state index contributed by atoms with van der Waals surface area (Å²) in [6, 6.07) is 1.51. The fourth-order valence-corrected chi connectivity index (χ4v) is 2.75. The number of ether oxygens (including phenoxy) is 2. The van der Waals surface area contributed by atoms with Gasteiger partial charge in [0, 0.05) is 19.0 Å². The predicted octanol–water partition coefficient (Wildman–Crippen LogP) is 1.34. The molecule has 8 heteroatoms. The summed E-state index contributed by atoms with van der Waals surface area (Å²) in [6.45, 7) is 2.16. The average molecular weight is 342 g/mol. The first-order chi connectivity index (χ1) is 10.8. The van der Waals surface area contributed by atoms with Crippen LogP contribution in [0.4, 0.5) is 5.69 Å². The molecule has 1 atom stereocenters. The molecule has 0 radical (unpaired) electrons. The van der Waals surface area contributed by atoms with Crippen LogP contribution < -0.4 is 25.8 Å². The second-order valence-electron chi connectivity index (χ2n) is 5.68. The molecule has 0 bridgehead atoms. The first kappa shape index (κ1) is 17.2. The van der Waals surface area contributed by atoms with Gasteiger partial charge in [-0.25, -0.2) is 0 Å². The monoisotopic (exact) mass is 341 g/mol. The molecule has 0 saturated carbocycles. The summed E-state index contributed by atoms with van der Waals surface area (Å²) in [7, 11) is 2.88. The molecule has 7 nitrogen and oxygen atoms in total. The van der Waals surface area contributed by atoms with Crippen molar-refractivity contribution in [2.45, 2.75) is 25.3 Å². The zero-order chi connectivity index (χ0) is 17.2. The summed E-state index contributed by atoms with van der Waals surface area (Å²) in [5.41, 5.74) is 5.71. The van der Waals surface area contributed by atoms with Crippen LogP contribution >= 0.6 is 11.6 Å². The highest BCUT2D eigenvalue weighted by molar-refractivity contribution is 6.35. The van der Waals surface area contributed by atoms with Crippen molar-refractivity contribution in [2.75, 3.05) is 26.5 Å². The van der Waals surface area contributed by atoms with Gasteiger partial charge in [0.2, 0.25) is 5.91 Å². The van der Waals surface area contributed by atoms with Crippen molar-refractivity contribution in [1.29, 1.82) is 0 Å². The summed E-state index contributed by atoms with van der Waals surface area (Å²) >= 11 is 6.10. The summed E-state index contributed by atoms with van der Waals surface area (Å²) < 4.78 is 10.3. The standard InChI is InChI=1S/C15H20ClN3O4/c1-15(5-4-10(20)19-15)7-18-14(21)11-8(22-2)6-9(23-3)12(16)13(11)17/h6H,4-5,7,17H2,1-3H3,(H,18,21)(H,19,20). The van der Waals surface area contributed by atoms with E-state index in [-0.39, 0.29) is 34.5 Å². The first-order valence-electron chi connectivity index (χ1n) is 7.10. The largest absolute Gasteiger partial charge is 0.496 e. The zero-order valence-electron chi connectivity index (χ0n) is 13.3. The van der Waals surface area contributed by atoms with E-state index in [1.165, 1.54) is 20.3 Å². The van der Waals surface area contributed by atoms with Gasteiger partial charge in [-0.2, -0.15) is 0 Å². The molecule has 4 N–H and O–H groups in total. The number of nitrogen functional groups attached to an aromatic ring is 1. The van der Waals surface area contributed by atoms with Gasteiger partial charge in [-0.1, -0.05) is 11.6 Å². The Labute approximate surface area is 139 Å². The number of rotatable bonds is 5. The van der Waals surface area contributed by atoms with Crippen molar-refractivity contribution >= 4 is 29.1 Å². The van der Waals surface area contributed by atoms with E-state index in [0.29, 0.717) is 18.6 Å². The van der Waals surface area contributed by atoms with Crippen LogP contribution in [0.25, 0.3) is 0 Å². The Kier molecular flexibility index (Phi) is 4.89. The molecule has 1 aliphatic heterocycles. The van der Waals surface area contributed by atoms with Gasteiger partial charge in [-0.15, -0.1) is 0 Å². The summed E-state index contributed by atoms with van der Waals surface area (Å²) in [5.74, 6) is 0.145. The van der Waals surface area contributed by atoms with Crippen molar-refractivity contribution in [3.05, 3.63) is 16.7 Å². The van der Waals surface area contributed by atoms with Crippen LogP contribution in [0, 0.1) is 0 Å². The fraction of sp³-hybridized carbons (Fsp3) is 0.467. The van der Waals surface area contributed by atoms with Crippen LogP contribution in [0.3, 0.4) is 0 Å². The van der Waals surface area contributed by atoms with Crippen molar-refractivity contribution in [1.82, 2.24) is 10.6 Å². The lowest BCUT2D eigenvalue weighted by Gasteiger charge is -2.24. The van der Waals surface area contributed by atoms with Gasteiger partial charge >= 0.3 is 0 Å². The third-order valence-corrected chi connectivity index (χ3v) is 4.27. The van der Waals surface area contributed by atoms with Crippen LogP contribution in [0.5, 0.6) is 11.5 Å². The van der Waals surface area contributed by atoms with E-state index in [4.69, 9.17) is 26.8 Å². The number of amides is 2. The van der Waals surface area contributed by atoms with Crippen molar-refractivity contribution < 1.29 is 19.1 Å². The fourth-order valence-electron chi connectivity index (χ4n) is 2.52. The van der Waals surface area contributed by atoms with Crippen LogP contribution in [0.15, 0.2) is 6.07 Å². The van der Waals surface area contributed by atoms with Crippen LogP contribution in [0.2, 0.25) is 5.02 Å². The lowest BCUT2D eigenvalue weighted by Crippen LogP contribution is -2.48. The molecule has 126 valence electrons. The van der Waals surface area contributed by atoms with Gasteiger partial charge in [-0.3, -0.25) is 9.59 Å². The minimum Gasteiger partial charge on any atom is -0.496 e. The maximum Gasteiger partial charge on any atom is 0.257 e. The molecule has 1 unspecified atom stereocenters. The summed E-state index contributed by atoms with van der Waals surface area (Å²) in [6.07, 6.45) is 1.11. The molecule has 1 aliphatic rings. The number of hydrogen-bond donors (Lipinski definition) is 3. The predicted molar refractivity (Wildman–Crippen MR) is 87.1 cm³/mol. The minimum absolute atomic E-state index is 0.0219. The van der Waals surface area contributed by atoms with E-state index in [0.717, 1.165) is 0 Å². The maximum atomic E-state index is 12.5. The van der Waals surface area contributed by atoms with Crippen LogP contribution in [-0.4, -0.2) is 38.1 Å². The van der Waals surface area contributed by atoms with Gasteiger partial charge in [0.1, 0.15) is 22.1 Å². The quantitative estimate of drug-likeness (QED) is 0.701. The Balaban J connectivity index is 2.22. The van der Waals surface area contributed by atoms with Crippen LogP contribution in [-0.2, 0) is 4.79 Å². The molecular weight excluding hydrogens is 322 g/mol. The summed E-state index contributed by atoms with van der Waals surface area (Å²) in [5, 5.41) is 5.77. The number of nitrogens with one attached hydrogen (secondary N) is 2. The molecule has 2 amide bonds. The number of carbonyl (C=O) groups is 2. The second kappa shape index (κ2) is 6.54. The number of benzene rings is 1. The normalized spacial score (nSPS) is 20.1. The van der Waals surface area contributed by atoms with Crippen molar-refractivity contribution in [3.63, 3.8) is 0 Å². The SMILES string of the molecule is COc1cc(OC)c(C(=O)NCC2(C)CCC(=O)N2)c(N)c1Cl. The first-order valence-corrected chi connectivity index (χ1v) is 7.48. The highest BCUT2D eigenvalue weighted by Gasteiger charge is 2.33. The van der Waals surface area contributed by atoms with Gasteiger partial charge in [0.05, 0.1) is 25.4 Å². The number of anilines is 1. The molecule has 1 heterocycles. The van der Waals surface area contributed by atoms with Crippen molar-refractivity contribution in [3.8, 4) is 11.5 Å². The lowest BCUT2D eigenvalue weighted by atomic mass is 10.00. The number of nitrogens with two attached hydrogens (primary N) is 1. The van der Waals surface area contributed by atoms with E-state index < -0.39 is 11.4 Å². The third-order valence-electron chi connectivity index (χ3n) is 3.88. The van der Waals surface area contributed by atoms with Crippen LogP contribution in [0.1, 0.15) is 30.1 Å². The molecule has 1 fully saturated rings. The Hall–Kier alpha value is -2.15. The minimum atomic E-state index is -0.467. The second-order valence-corrected chi connectivity index (χ2v) is 6.05. The lowest BCUT2D eigenvalue weighted by molar-refractivity contribution is -0.119. The van der Waals surface area contributed by atoms with Gasteiger partial charge in [0.15, 0.2) is 0 Å². The van der Waals surface area contributed by atoms with E-state index in [9.17, 15) is 9.59 Å². The Bertz CT molecular complexity index is 650. The highest BCUT2D eigenvalue weighted by atomic mass is 35.5. The molecule has 1 saturated heterocycles. The average Bonchev–Trinajstić information content (AvgIpc) is 2.87. The van der Waals surface area contributed by atoms with E-state index >= 15 is 0 Å². The topological polar surface area (TPSA) is 103 Å². The smallest absolute Gasteiger partial charge is 0.257 e. The van der Waals surface area contributed by atoms with Gasteiger partial charge in [0.25, 0.3) is 5.91 Å². The van der Waals surface area contributed by atoms with E-state index in [1.807, 2.05) is 6.92 Å². The zero-order valence-corrected chi connectivity index (χ0v) is 14.0.